The van der Waals surface area contributed by atoms with E-state index >= 15 is 0 Å². The third-order valence-electron chi connectivity index (χ3n) is 5.35. The molecule has 3 rings (SSSR count). The van der Waals surface area contributed by atoms with Crippen molar-refractivity contribution in [3.63, 3.8) is 0 Å². The average molecular weight is 353 g/mol. The summed E-state index contributed by atoms with van der Waals surface area (Å²) in [6.45, 7) is 2.74. The topological polar surface area (TPSA) is 61.4 Å². The van der Waals surface area contributed by atoms with Crippen molar-refractivity contribution in [2.24, 2.45) is 0 Å². The summed E-state index contributed by atoms with van der Waals surface area (Å²) in [6.07, 6.45) is 2.50. The van der Waals surface area contributed by atoms with Crippen LogP contribution in [0, 0.1) is 0 Å². The van der Waals surface area contributed by atoms with Crippen LogP contribution in [0.1, 0.15) is 31.7 Å². The van der Waals surface area contributed by atoms with E-state index in [0.717, 1.165) is 18.4 Å². The molecule has 2 amide bonds. The molecule has 1 fully saturated rings. The SMILES string of the molecule is CC(=O)NC[C@H]1CC[C@@H](CC(=O)NCc2cccc3ccccc23)N1C. The molecule has 1 saturated heterocycles. The van der Waals surface area contributed by atoms with Crippen LogP contribution in [0.2, 0.25) is 0 Å². The van der Waals surface area contributed by atoms with Crippen molar-refractivity contribution < 1.29 is 9.59 Å². The Bertz CT molecular complexity index is 784. The second-order valence-electron chi connectivity index (χ2n) is 7.11. The summed E-state index contributed by atoms with van der Waals surface area (Å²) in [5.41, 5.74) is 1.14. The summed E-state index contributed by atoms with van der Waals surface area (Å²) < 4.78 is 0. The smallest absolute Gasteiger partial charge is 0.221 e. The highest BCUT2D eigenvalue weighted by atomic mass is 16.2. The maximum Gasteiger partial charge on any atom is 0.221 e. The molecule has 0 radical (unpaired) electrons. The number of likely N-dealkylation sites (N-methyl/N-ethyl adjacent to an activating group) is 1. The minimum atomic E-state index is -0.00493. The molecule has 138 valence electrons. The van der Waals surface area contributed by atoms with Crippen molar-refractivity contribution in [1.29, 1.82) is 0 Å². The number of fused-ring (bicyclic) bond motifs is 1. The quantitative estimate of drug-likeness (QED) is 0.839. The Kier molecular flexibility index (Phi) is 5.89. The van der Waals surface area contributed by atoms with Crippen molar-refractivity contribution in [2.45, 2.75) is 44.8 Å². The van der Waals surface area contributed by atoms with Crippen LogP contribution in [-0.2, 0) is 16.1 Å². The normalized spacial score (nSPS) is 20.2. The number of hydrogen-bond donors (Lipinski definition) is 2. The van der Waals surface area contributed by atoms with Crippen molar-refractivity contribution in [2.75, 3.05) is 13.6 Å². The Morgan fingerprint density at radius 3 is 2.58 bits per heavy atom. The van der Waals surface area contributed by atoms with E-state index in [4.69, 9.17) is 0 Å². The van der Waals surface area contributed by atoms with E-state index in [1.807, 2.05) is 25.2 Å². The van der Waals surface area contributed by atoms with Gasteiger partial charge in [0, 0.05) is 38.5 Å². The fourth-order valence-electron chi connectivity index (χ4n) is 3.77. The fraction of sp³-hybridized carbons (Fsp3) is 0.429. The lowest BCUT2D eigenvalue weighted by Gasteiger charge is -2.25. The predicted molar refractivity (Wildman–Crippen MR) is 104 cm³/mol. The van der Waals surface area contributed by atoms with Gasteiger partial charge in [-0.25, -0.2) is 0 Å². The lowest BCUT2D eigenvalue weighted by molar-refractivity contribution is -0.122. The molecule has 0 unspecified atom stereocenters. The van der Waals surface area contributed by atoms with Gasteiger partial charge in [-0.3, -0.25) is 14.5 Å². The number of carbonyl (C=O) groups is 2. The zero-order valence-electron chi connectivity index (χ0n) is 15.5. The van der Waals surface area contributed by atoms with Crippen LogP contribution in [0.25, 0.3) is 10.8 Å². The maximum atomic E-state index is 12.4. The number of rotatable bonds is 6. The molecule has 2 aromatic carbocycles. The molecule has 26 heavy (non-hydrogen) atoms. The van der Waals surface area contributed by atoms with Crippen LogP contribution >= 0.6 is 0 Å². The Hall–Kier alpha value is -2.40. The molecule has 0 aromatic heterocycles. The van der Waals surface area contributed by atoms with Crippen LogP contribution in [-0.4, -0.2) is 42.4 Å². The highest BCUT2D eigenvalue weighted by Gasteiger charge is 2.31. The van der Waals surface area contributed by atoms with Gasteiger partial charge < -0.3 is 10.6 Å². The lowest BCUT2D eigenvalue weighted by atomic mass is 10.0. The number of nitrogens with one attached hydrogen (secondary N) is 2. The standard InChI is InChI=1S/C21H27N3O2/c1-15(25)22-14-19-11-10-18(24(19)2)12-21(26)23-13-17-8-5-7-16-6-3-4-9-20(16)17/h3-9,18-19H,10-14H2,1-2H3,(H,22,25)(H,23,26)/t18-,19+/m0/s1. The van der Waals surface area contributed by atoms with E-state index in [-0.39, 0.29) is 17.9 Å². The van der Waals surface area contributed by atoms with Gasteiger partial charge in [0.25, 0.3) is 0 Å². The molecular weight excluding hydrogens is 326 g/mol. The molecule has 2 atom stereocenters. The molecular formula is C21H27N3O2. The van der Waals surface area contributed by atoms with Crippen LogP contribution in [0.15, 0.2) is 42.5 Å². The second-order valence-corrected chi connectivity index (χ2v) is 7.11. The van der Waals surface area contributed by atoms with Gasteiger partial charge in [-0.15, -0.1) is 0 Å². The summed E-state index contributed by atoms with van der Waals surface area (Å²) in [6, 6.07) is 15.0. The number of hydrogen-bond acceptors (Lipinski definition) is 3. The molecule has 1 heterocycles. The molecule has 0 spiro atoms. The number of amides is 2. The van der Waals surface area contributed by atoms with Crippen LogP contribution in [0.5, 0.6) is 0 Å². The number of nitrogens with zero attached hydrogens (tertiary/aromatic N) is 1. The molecule has 1 aliphatic heterocycles. The summed E-state index contributed by atoms with van der Waals surface area (Å²) in [4.78, 5) is 25.7. The largest absolute Gasteiger partial charge is 0.355 e. The van der Waals surface area contributed by atoms with Gasteiger partial charge in [0.05, 0.1) is 0 Å². The second kappa shape index (κ2) is 8.32. The molecule has 5 heteroatoms. The summed E-state index contributed by atoms with van der Waals surface area (Å²) >= 11 is 0. The van der Waals surface area contributed by atoms with Crippen LogP contribution in [0.3, 0.4) is 0 Å². The molecule has 0 aliphatic carbocycles. The average Bonchev–Trinajstić information content (AvgIpc) is 2.98. The minimum absolute atomic E-state index is 0.00493. The zero-order valence-corrected chi connectivity index (χ0v) is 15.5. The Morgan fingerprint density at radius 2 is 1.77 bits per heavy atom. The van der Waals surface area contributed by atoms with Gasteiger partial charge in [0.2, 0.25) is 11.8 Å². The third kappa shape index (κ3) is 4.41. The third-order valence-corrected chi connectivity index (χ3v) is 5.35. The van der Waals surface area contributed by atoms with E-state index in [1.165, 1.54) is 17.7 Å². The first-order chi connectivity index (χ1) is 12.5. The van der Waals surface area contributed by atoms with Gasteiger partial charge in [0.1, 0.15) is 0 Å². The monoisotopic (exact) mass is 353 g/mol. The highest BCUT2D eigenvalue weighted by molar-refractivity contribution is 5.86. The highest BCUT2D eigenvalue weighted by Crippen LogP contribution is 2.24. The van der Waals surface area contributed by atoms with Gasteiger partial charge in [0.15, 0.2) is 0 Å². The first-order valence-electron chi connectivity index (χ1n) is 9.24. The predicted octanol–water partition coefficient (Wildman–Crippen LogP) is 2.45. The molecule has 2 N–H and O–H groups in total. The zero-order chi connectivity index (χ0) is 18.5. The van der Waals surface area contributed by atoms with E-state index in [0.29, 0.717) is 25.6 Å². The van der Waals surface area contributed by atoms with Crippen molar-refractivity contribution in [3.8, 4) is 0 Å². The van der Waals surface area contributed by atoms with Gasteiger partial charge >= 0.3 is 0 Å². The van der Waals surface area contributed by atoms with E-state index in [2.05, 4.69) is 39.8 Å². The lowest BCUT2D eigenvalue weighted by Crippen LogP contribution is -2.41. The number of carbonyl (C=O) groups excluding carboxylic acids is 2. The molecule has 2 aromatic rings. The first kappa shape index (κ1) is 18.4. The Labute approximate surface area is 154 Å². The van der Waals surface area contributed by atoms with Gasteiger partial charge in [-0.05, 0) is 36.2 Å². The summed E-state index contributed by atoms with van der Waals surface area (Å²) in [5.74, 6) is 0.0737. The Balaban J connectivity index is 1.52. The molecule has 0 bridgehead atoms. The van der Waals surface area contributed by atoms with E-state index in [9.17, 15) is 9.59 Å². The van der Waals surface area contributed by atoms with Crippen molar-refractivity contribution in [1.82, 2.24) is 15.5 Å². The first-order valence-corrected chi connectivity index (χ1v) is 9.24. The number of likely N-dealkylation sites (tertiary alicyclic amines) is 1. The summed E-state index contributed by atoms with van der Waals surface area (Å²) in [7, 11) is 2.04. The van der Waals surface area contributed by atoms with E-state index in [1.54, 1.807) is 0 Å². The van der Waals surface area contributed by atoms with E-state index < -0.39 is 0 Å². The summed E-state index contributed by atoms with van der Waals surface area (Å²) in [5, 5.41) is 8.32. The fourth-order valence-corrected chi connectivity index (χ4v) is 3.77. The van der Waals surface area contributed by atoms with Gasteiger partial charge in [-0.2, -0.15) is 0 Å². The van der Waals surface area contributed by atoms with Gasteiger partial charge in [-0.1, -0.05) is 42.5 Å². The maximum absolute atomic E-state index is 12.4. The molecule has 1 aliphatic rings. The van der Waals surface area contributed by atoms with Crippen molar-refractivity contribution >= 4 is 22.6 Å². The number of benzene rings is 2. The molecule has 0 saturated carbocycles. The Morgan fingerprint density at radius 1 is 1.04 bits per heavy atom. The van der Waals surface area contributed by atoms with Crippen molar-refractivity contribution in [3.05, 3.63) is 48.0 Å². The van der Waals surface area contributed by atoms with Crippen LogP contribution in [0.4, 0.5) is 0 Å². The molecule has 5 nitrogen and oxygen atoms in total. The van der Waals surface area contributed by atoms with Crippen LogP contribution < -0.4 is 10.6 Å². The minimum Gasteiger partial charge on any atom is -0.355 e.